The smallest absolute Gasteiger partial charge is 0.334 e. The fourth-order valence-corrected chi connectivity index (χ4v) is 14.9. The van der Waals surface area contributed by atoms with Gasteiger partial charge in [-0.25, -0.2) is 0 Å². The van der Waals surface area contributed by atoms with Crippen molar-refractivity contribution < 1.29 is 39.6 Å². The van der Waals surface area contributed by atoms with Crippen LogP contribution in [0.25, 0.3) is 0 Å². The lowest BCUT2D eigenvalue weighted by Gasteiger charge is -2.74. The molecular formula is C48H86N4O8. The Morgan fingerprint density at radius 3 is 1.00 bits per heavy atom. The highest BCUT2D eigenvalue weighted by Gasteiger charge is 2.86. The largest absolute Gasteiger partial charge is 0.481 e. The zero-order valence-corrected chi connectivity index (χ0v) is 41.4. The molecule has 0 aromatic heterocycles. The Bertz CT molecular complexity index is 1630. The van der Waals surface area contributed by atoms with Gasteiger partial charge in [-0.05, 0) is 226 Å². The maximum absolute atomic E-state index is 15.9. The first-order chi connectivity index (χ1) is 26.7. The third kappa shape index (κ3) is 6.62. The lowest BCUT2D eigenvalue weighted by Crippen LogP contribution is -2.82. The number of rotatable bonds is 11. The van der Waals surface area contributed by atoms with Gasteiger partial charge in [0.15, 0.2) is 0 Å². The molecular weight excluding hydrogens is 761 g/mol. The van der Waals surface area contributed by atoms with Gasteiger partial charge >= 0.3 is 23.9 Å². The van der Waals surface area contributed by atoms with E-state index in [-0.39, 0.29) is 35.4 Å². The van der Waals surface area contributed by atoms with Gasteiger partial charge in [0.25, 0.3) is 5.41 Å². The number of aliphatic carboxylic acids is 4. The third-order valence-corrected chi connectivity index (χ3v) is 19.9. The predicted octanol–water partition coefficient (Wildman–Crippen LogP) is 8.27. The molecule has 4 aliphatic heterocycles. The van der Waals surface area contributed by atoms with Gasteiger partial charge in [-0.3, -0.25) is 38.8 Å². The standard InChI is InChI=1S/C48H86N4O8/c1-38(2)25-21-30(42(9,10)49(38)17)29-46(31-22-26-39(3,4)50(18)43(31,11)12,32-23-27-40(5,6)51(19)44(32,13)14)48(37(59)60,47(34(53)54,35(55)56)36(57)58)33-24-28-41(7,8)52(20)45(33,15)16/h30-33H,21-29H2,1-20H3,(H,53,54)(H,55,56)(H,57,58)(H,59,60). The van der Waals surface area contributed by atoms with Crippen molar-refractivity contribution in [2.45, 2.75) is 213 Å². The van der Waals surface area contributed by atoms with Crippen LogP contribution in [0.3, 0.4) is 0 Å². The molecule has 346 valence electrons. The molecule has 12 nitrogen and oxygen atoms in total. The van der Waals surface area contributed by atoms with Crippen molar-refractivity contribution >= 4 is 23.9 Å². The second-order valence-corrected chi connectivity index (χ2v) is 24.6. The highest BCUT2D eigenvalue weighted by Crippen LogP contribution is 2.76. The molecule has 0 aromatic carbocycles. The summed E-state index contributed by atoms with van der Waals surface area (Å²) in [6.07, 6.45) is 4.25. The molecule has 4 saturated heterocycles. The minimum absolute atomic E-state index is 0.123. The molecule has 0 bridgehead atoms. The summed E-state index contributed by atoms with van der Waals surface area (Å²) in [6, 6.07) is 0. The molecule has 12 heteroatoms. The molecule has 4 N–H and O–H groups in total. The number of piperidine rings is 4. The number of likely N-dealkylation sites (tertiary alicyclic amines) is 4. The minimum Gasteiger partial charge on any atom is -0.481 e. The van der Waals surface area contributed by atoms with Gasteiger partial charge < -0.3 is 20.4 Å². The van der Waals surface area contributed by atoms with Gasteiger partial charge in [-0.2, -0.15) is 0 Å². The zero-order valence-electron chi connectivity index (χ0n) is 41.4. The van der Waals surface area contributed by atoms with E-state index in [4.69, 9.17) is 0 Å². The lowest BCUT2D eigenvalue weighted by atomic mass is 9.31. The van der Waals surface area contributed by atoms with Gasteiger partial charge in [-0.1, -0.05) is 0 Å². The van der Waals surface area contributed by atoms with Crippen molar-refractivity contribution in [3.63, 3.8) is 0 Å². The Morgan fingerprint density at radius 2 is 0.700 bits per heavy atom. The normalized spacial score (nSPS) is 33.5. The molecule has 0 spiro atoms. The van der Waals surface area contributed by atoms with E-state index in [9.17, 15) is 34.8 Å². The van der Waals surface area contributed by atoms with E-state index in [1.54, 1.807) is 0 Å². The molecule has 0 radical (unpaired) electrons. The second-order valence-electron chi connectivity index (χ2n) is 24.6. The molecule has 5 unspecified atom stereocenters. The lowest BCUT2D eigenvalue weighted by molar-refractivity contribution is -0.283. The van der Waals surface area contributed by atoms with Gasteiger partial charge in [0.2, 0.25) is 0 Å². The summed E-state index contributed by atoms with van der Waals surface area (Å²) in [5.41, 5.74) is -13.4. The van der Waals surface area contributed by atoms with Crippen LogP contribution in [-0.4, -0.2) is 136 Å². The molecule has 0 aromatic rings. The minimum atomic E-state index is -3.80. The second kappa shape index (κ2) is 14.9. The van der Waals surface area contributed by atoms with E-state index in [2.05, 4.69) is 124 Å². The SMILES string of the molecule is CN1C(C)(C)CCC(CC(C2CCC(C)(C)N(C)C2(C)C)(C2CCC(C)(C)N(C)C2(C)C)C(C(=O)O)(C2CCC(C)(C)N(C)C2(C)C)C(C(=O)O)(C(=O)O)C(=O)O)C1(C)C. The summed E-state index contributed by atoms with van der Waals surface area (Å²) in [4.78, 5) is 68.9. The topological polar surface area (TPSA) is 162 Å². The van der Waals surface area contributed by atoms with E-state index in [0.717, 1.165) is 6.42 Å². The average Bonchev–Trinajstić information content (AvgIpc) is 3.07. The highest BCUT2D eigenvalue weighted by atomic mass is 16.4. The summed E-state index contributed by atoms with van der Waals surface area (Å²) in [6.45, 7) is 33.7. The number of carbonyl (C=O) groups is 4. The van der Waals surface area contributed by atoms with Crippen molar-refractivity contribution in [1.82, 2.24) is 19.6 Å². The average molecular weight is 847 g/mol. The van der Waals surface area contributed by atoms with Crippen LogP contribution in [0.5, 0.6) is 0 Å². The van der Waals surface area contributed by atoms with Crippen molar-refractivity contribution in [1.29, 1.82) is 0 Å². The Morgan fingerprint density at radius 1 is 0.433 bits per heavy atom. The summed E-state index contributed by atoms with van der Waals surface area (Å²) in [5, 5.41) is 48.5. The summed E-state index contributed by atoms with van der Waals surface area (Å²) in [5.74, 6) is -10.9. The van der Waals surface area contributed by atoms with Crippen molar-refractivity contribution in [2.24, 2.45) is 39.9 Å². The van der Waals surface area contributed by atoms with E-state index in [1.165, 1.54) is 0 Å². The van der Waals surface area contributed by atoms with Gasteiger partial charge in [0, 0.05) is 44.3 Å². The number of carboxylic acid groups (broad SMARTS) is 4. The maximum Gasteiger partial charge on any atom is 0.334 e. The van der Waals surface area contributed by atoms with E-state index >= 15 is 4.79 Å². The van der Waals surface area contributed by atoms with Crippen LogP contribution in [-0.2, 0) is 19.2 Å². The Kier molecular flexibility index (Phi) is 12.5. The molecule has 0 aliphatic carbocycles. The van der Waals surface area contributed by atoms with Crippen LogP contribution >= 0.6 is 0 Å². The molecule has 4 aliphatic rings. The Hall–Kier alpha value is -2.28. The number of nitrogens with zero attached hydrogens (tertiary/aromatic N) is 4. The van der Waals surface area contributed by atoms with Crippen LogP contribution in [0.4, 0.5) is 0 Å². The quantitative estimate of drug-likeness (QED) is 0.148. The maximum atomic E-state index is 15.9. The highest BCUT2D eigenvalue weighted by molar-refractivity contribution is 6.20. The fourth-order valence-electron chi connectivity index (χ4n) is 14.9. The monoisotopic (exact) mass is 847 g/mol. The first-order valence-electron chi connectivity index (χ1n) is 22.6. The third-order valence-electron chi connectivity index (χ3n) is 19.9. The number of hydrogen-bond acceptors (Lipinski definition) is 8. The predicted molar refractivity (Wildman–Crippen MR) is 237 cm³/mol. The van der Waals surface area contributed by atoms with E-state index in [0.29, 0.717) is 38.5 Å². The van der Waals surface area contributed by atoms with Crippen LogP contribution in [0.1, 0.15) is 169 Å². The van der Waals surface area contributed by atoms with Gasteiger partial charge in [0.05, 0.1) is 0 Å². The van der Waals surface area contributed by atoms with Crippen LogP contribution < -0.4 is 0 Å². The van der Waals surface area contributed by atoms with Gasteiger partial charge in [0.1, 0.15) is 5.41 Å². The first-order valence-corrected chi connectivity index (χ1v) is 22.6. The molecule has 4 heterocycles. The molecule has 60 heavy (non-hydrogen) atoms. The summed E-state index contributed by atoms with van der Waals surface area (Å²) in [7, 11) is 8.08. The Labute approximate surface area is 363 Å². The molecule has 5 atom stereocenters. The van der Waals surface area contributed by atoms with Crippen molar-refractivity contribution in [3.05, 3.63) is 0 Å². The zero-order chi connectivity index (χ0) is 46.8. The van der Waals surface area contributed by atoms with Crippen LogP contribution in [0, 0.1) is 39.9 Å². The molecule has 4 fully saturated rings. The molecule has 0 saturated carbocycles. The van der Waals surface area contributed by atoms with E-state index in [1.807, 2.05) is 35.0 Å². The van der Waals surface area contributed by atoms with Gasteiger partial charge in [-0.15, -0.1) is 0 Å². The summed E-state index contributed by atoms with van der Waals surface area (Å²) >= 11 is 0. The fraction of sp³-hybridized carbons (Fsp3) is 0.917. The van der Waals surface area contributed by atoms with Crippen molar-refractivity contribution in [3.8, 4) is 0 Å². The first kappa shape index (κ1) is 50.4. The van der Waals surface area contributed by atoms with E-state index < -0.39 is 85.6 Å². The van der Waals surface area contributed by atoms with Crippen molar-refractivity contribution in [2.75, 3.05) is 28.2 Å². The summed E-state index contributed by atoms with van der Waals surface area (Å²) < 4.78 is 0. The Balaban J connectivity index is 2.52. The number of carboxylic acids is 4. The molecule has 0 amide bonds. The van der Waals surface area contributed by atoms with Crippen LogP contribution in [0.15, 0.2) is 0 Å². The number of hydrogen-bond donors (Lipinski definition) is 4. The molecule has 4 rings (SSSR count). The van der Waals surface area contributed by atoms with Crippen LogP contribution in [0.2, 0.25) is 0 Å².